The Bertz CT molecular complexity index is 635. The van der Waals surface area contributed by atoms with Gasteiger partial charge in [-0.2, -0.15) is 0 Å². The highest BCUT2D eigenvalue weighted by atomic mass is 127. The Hall–Kier alpha value is -1.69. The summed E-state index contributed by atoms with van der Waals surface area (Å²) in [5, 5.41) is 0. The van der Waals surface area contributed by atoms with Gasteiger partial charge < -0.3 is 4.74 Å². The maximum atomic E-state index is 12.0. The molecule has 0 N–H and O–H groups in total. The van der Waals surface area contributed by atoms with Gasteiger partial charge in [0.05, 0.1) is 11.1 Å². The van der Waals surface area contributed by atoms with Crippen LogP contribution in [0.2, 0.25) is 0 Å². The molecule has 4 heteroatoms. The van der Waals surface area contributed by atoms with Gasteiger partial charge in [0.25, 0.3) is 0 Å². The minimum atomic E-state index is -0.466. The molecule has 0 aliphatic heterocycles. The van der Waals surface area contributed by atoms with Crippen molar-refractivity contribution in [3.8, 4) is 5.75 Å². The van der Waals surface area contributed by atoms with Crippen LogP contribution in [0.5, 0.6) is 5.75 Å². The van der Waals surface area contributed by atoms with Crippen molar-refractivity contribution in [1.29, 1.82) is 0 Å². The second kappa shape index (κ2) is 5.97. The molecular weight excluding hydrogens is 355 g/mol. The van der Waals surface area contributed by atoms with Gasteiger partial charge in [-0.25, -0.2) is 4.79 Å². The van der Waals surface area contributed by atoms with E-state index in [1.54, 1.807) is 36.4 Å². The minimum absolute atomic E-state index is 0.276. The molecule has 0 aliphatic rings. The molecule has 0 unspecified atom stereocenters. The maximum Gasteiger partial charge on any atom is 0.343 e. The van der Waals surface area contributed by atoms with Crippen LogP contribution in [0.25, 0.3) is 0 Å². The van der Waals surface area contributed by atoms with Crippen LogP contribution in [0, 0.1) is 10.5 Å². The standard InChI is InChI=1S/C15H11IO3/c1-10-6-7-11(8-13(10)16)15(18)19-14-5-3-2-4-12(14)9-17/h2-9H,1H3. The Labute approximate surface area is 124 Å². The number of aryl methyl sites for hydroxylation is 1. The van der Waals surface area contributed by atoms with E-state index in [0.29, 0.717) is 17.4 Å². The molecule has 0 saturated heterocycles. The van der Waals surface area contributed by atoms with Crippen LogP contribution in [-0.4, -0.2) is 12.3 Å². The monoisotopic (exact) mass is 366 g/mol. The number of ether oxygens (including phenoxy) is 1. The number of rotatable bonds is 3. The van der Waals surface area contributed by atoms with E-state index in [1.165, 1.54) is 0 Å². The molecular formula is C15H11IO3. The maximum absolute atomic E-state index is 12.0. The second-order valence-corrected chi connectivity index (χ2v) is 5.17. The zero-order chi connectivity index (χ0) is 13.8. The molecule has 0 amide bonds. The van der Waals surface area contributed by atoms with Gasteiger partial charge in [-0.15, -0.1) is 0 Å². The SMILES string of the molecule is Cc1ccc(C(=O)Oc2ccccc2C=O)cc1I. The summed E-state index contributed by atoms with van der Waals surface area (Å²) in [6, 6.07) is 12.0. The lowest BCUT2D eigenvalue weighted by atomic mass is 10.1. The third-order valence-corrected chi connectivity index (χ3v) is 3.82. The van der Waals surface area contributed by atoms with Crippen molar-refractivity contribution in [2.45, 2.75) is 6.92 Å². The van der Waals surface area contributed by atoms with Gasteiger partial charge in [-0.05, 0) is 59.3 Å². The number of hydrogen-bond acceptors (Lipinski definition) is 3. The van der Waals surface area contributed by atoms with E-state index in [4.69, 9.17) is 4.74 Å². The summed E-state index contributed by atoms with van der Waals surface area (Å²) in [6.45, 7) is 1.97. The van der Waals surface area contributed by atoms with Gasteiger partial charge in [0.1, 0.15) is 5.75 Å². The molecule has 0 spiro atoms. The highest BCUT2D eigenvalue weighted by molar-refractivity contribution is 14.1. The number of aldehydes is 1. The van der Waals surface area contributed by atoms with Gasteiger partial charge >= 0.3 is 5.97 Å². The van der Waals surface area contributed by atoms with Gasteiger partial charge in [0, 0.05) is 3.57 Å². The Kier molecular flexibility index (Phi) is 4.31. The van der Waals surface area contributed by atoms with Crippen molar-refractivity contribution < 1.29 is 14.3 Å². The molecule has 2 rings (SSSR count). The third kappa shape index (κ3) is 3.20. The van der Waals surface area contributed by atoms with Crippen molar-refractivity contribution in [3.63, 3.8) is 0 Å². The quantitative estimate of drug-likeness (QED) is 0.361. The lowest BCUT2D eigenvalue weighted by molar-refractivity contribution is 0.0733. The first-order valence-electron chi connectivity index (χ1n) is 5.64. The van der Waals surface area contributed by atoms with Crippen LogP contribution in [0.1, 0.15) is 26.3 Å². The van der Waals surface area contributed by atoms with E-state index < -0.39 is 5.97 Å². The molecule has 2 aromatic carbocycles. The van der Waals surface area contributed by atoms with Crippen LogP contribution in [0.4, 0.5) is 0 Å². The van der Waals surface area contributed by atoms with E-state index >= 15 is 0 Å². The van der Waals surface area contributed by atoms with Crippen molar-refractivity contribution in [3.05, 3.63) is 62.7 Å². The summed E-state index contributed by atoms with van der Waals surface area (Å²) in [5.41, 5.74) is 1.93. The van der Waals surface area contributed by atoms with Crippen molar-refractivity contribution in [2.24, 2.45) is 0 Å². The largest absolute Gasteiger partial charge is 0.422 e. The first-order chi connectivity index (χ1) is 9.11. The fourth-order valence-electron chi connectivity index (χ4n) is 1.55. The average molecular weight is 366 g/mol. The molecule has 3 nitrogen and oxygen atoms in total. The highest BCUT2D eigenvalue weighted by Crippen LogP contribution is 2.19. The van der Waals surface area contributed by atoms with Crippen molar-refractivity contribution >= 4 is 34.8 Å². The summed E-state index contributed by atoms with van der Waals surface area (Å²) in [4.78, 5) is 22.9. The number of halogens is 1. The molecule has 0 aliphatic carbocycles. The van der Waals surface area contributed by atoms with Gasteiger partial charge in [-0.3, -0.25) is 4.79 Å². The van der Waals surface area contributed by atoms with E-state index in [0.717, 1.165) is 9.13 Å². The van der Waals surface area contributed by atoms with E-state index in [-0.39, 0.29) is 5.75 Å². The number of carbonyl (C=O) groups is 2. The van der Waals surface area contributed by atoms with Gasteiger partial charge in [0.15, 0.2) is 6.29 Å². The molecule has 0 atom stereocenters. The molecule has 0 radical (unpaired) electrons. The summed E-state index contributed by atoms with van der Waals surface area (Å²) < 4.78 is 6.24. The smallest absolute Gasteiger partial charge is 0.343 e. The first kappa shape index (κ1) is 13.7. The molecule has 0 heterocycles. The Morgan fingerprint density at radius 3 is 2.63 bits per heavy atom. The average Bonchev–Trinajstić information content (AvgIpc) is 2.42. The lowest BCUT2D eigenvalue weighted by Crippen LogP contribution is -2.10. The van der Waals surface area contributed by atoms with Crippen LogP contribution in [0.3, 0.4) is 0 Å². The predicted octanol–water partition coefficient (Wildman–Crippen LogP) is 3.63. The zero-order valence-corrected chi connectivity index (χ0v) is 12.4. The van der Waals surface area contributed by atoms with E-state index in [1.807, 2.05) is 13.0 Å². The summed E-state index contributed by atoms with van der Waals surface area (Å²) >= 11 is 2.16. The van der Waals surface area contributed by atoms with Crippen LogP contribution < -0.4 is 4.74 Å². The Morgan fingerprint density at radius 1 is 1.21 bits per heavy atom. The topological polar surface area (TPSA) is 43.4 Å². The van der Waals surface area contributed by atoms with Crippen LogP contribution in [-0.2, 0) is 0 Å². The molecule has 0 aromatic heterocycles. The lowest BCUT2D eigenvalue weighted by Gasteiger charge is -2.07. The van der Waals surface area contributed by atoms with Crippen molar-refractivity contribution in [2.75, 3.05) is 0 Å². The summed E-state index contributed by atoms with van der Waals surface area (Å²) in [7, 11) is 0. The number of para-hydroxylation sites is 1. The fraction of sp³-hybridized carbons (Fsp3) is 0.0667. The second-order valence-electron chi connectivity index (χ2n) is 4.01. The normalized spacial score (nSPS) is 10.0. The molecule has 2 aromatic rings. The first-order valence-corrected chi connectivity index (χ1v) is 6.72. The van der Waals surface area contributed by atoms with Crippen LogP contribution >= 0.6 is 22.6 Å². The molecule has 96 valence electrons. The molecule has 0 fully saturated rings. The van der Waals surface area contributed by atoms with Gasteiger partial charge in [-0.1, -0.05) is 18.2 Å². The van der Waals surface area contributed by atoms with E-state index in [2.05, 4.69) is 22.6 Å². The zero-order valence-electron chi connectivity index (χ0n) is 10.2. The molecule has 0 saturated carbocycles. The predicted molar refractivity (Wildman–Crippen MR) is 80.7 cm³/mol. The van der Waals surface area contributed by atoms with Gasteiger partial charge in [0.2, 0.25) is 0 Å². The summed E-state index contributed by atoms with van der Waals surface area (Å²) in [6.07, 6.45) is 0.668. The Balaban J connectivity index is 2.25. The highest BCUT2D eigenvalue weighted by Gasteiger charge is 2.12. The van der Waals surface area contributed by atoms with E-state index in [9.17, 15) is 9.59 Å². The Morgan fingerprint density at radius 2 is 1.95 bits per heavy atom. The number of hydrogen-bond donors (Lipinski definition) is 0. The van der Waals surface area contributed by atoms with Crippen LogP contribution in [0.15, 0.2) is 42.5 Å². The molecule has 0 bridgehead atoms. The number of esters is 1. The van der Waals surface area contributed by atoms with Crippen molar-refractivity contribution in [1.82, 2.24) is 0 Å². The number of benzene rings is 2. The fourth-order valence-corrected chi connectivity index (χ4v) is 2.06. The number of carbonyl (C=O) groups excluding carboxylic acids is 2. The molecule has 19 heavy (non-hydrogen) atoms. The third-order valence-electron chi connectivity index (χ3n) is 2.66. The summed E-state index contributed by atoms with van der Waals surface area (Å²) in [5.74, 6) is -0.190. The minimum Gasteiger partial charge on any atom is -0.422 e.